The van der Waals surface area contributed by atoms with E-state index in [1.54, 1.807) is 0 Å². The van der Waals surface area contributed by atoms with Gasteiger partial charge in [0, 0.05) is 23.1 Å². The molecule has 2 unspecified atom stereocenters. The third kappa shape index (κ3) is 3.13. The number of carboxylic acid groups (broad SMARTS) is 1. The molecule has 17 heavy (non-hydrogen) atoms. The van der Waals surface area contributed by atoms with Crippen LogP contribution in [0.2, 0.25) is 0 Å². The lowest BCUT2D eigenvalue weighted by atomic mass is 10.3. The summed E-state index contributed by atoms with van der Waals surface area (Å²) in [6.07, 6.45) is 4.97. The van der Waals surface area contributed by atoms with Gasteiger partial charge >= 0.3 is 5.97 Å². The van der Waals surface area contributed by atoms with E-state index in [-0.39, 0.29) is 11.8 Å². The van der Waals surface area contributed by atoms with Gasteiger partial charge in [-0.15, -0.1) is 0 Å². The number of carbonyl (C=O) groups excluding carboxylic acids is 1. The van der Waals surface area contributed by atoms with Gasteiger partial charge in [0.1, 0.15) is 0 Å². The average Bonchev–Trinajstić information content (AvgIpc) is 2.83. The molecule has 0 radical (unpaired) electrons. The van der Waals surface area contributed by atoms with Gasteiger partial charge < -0.3 is 10.4 Å². The molecule has 2 N–H and O–H groups in total. The maximum absolute atomic E-state index is 11.6. The lowest BCUT2D eigenvalue weighted by Gasteiger charge is -1.98. The second-order valence-electron chi connectivity index (χ2n) is 4.05. The molecule has 1 fully saturated rings. The highest BCUT2D eigenvalue weighted by Gasteiger charge is 2.39. The first-order valence-electron chi connectivity index (χ1n) is 5.24. The van der Waals surface area contributed by atoms with Crippen LogP contribution in [0, 0.1) is 11.8 Å². The predicted molar refractivity (Wildman–Crippen MR) is 64.7 cm³/mol. The summed E-state index contributed by atoms with van der Waals surface area (Å²) < 4.78 is 0. The van der Waals surface area contributed by atoms with Crippen LogP contribution in [-0.2, 0) is 9.59 Å². The number of hydrogen-bond acceptors (Lipinski definition) is 4. The van der Waals surface area contributed by atoms with Crippen molar-refractivity contribution in [2.45, 2.75) is 13.3 Å². The second-order valence-corrected chi connectivity index (χ2v) is 5.11. The molecule has 2 atom stereocenters. The Bertz CT molecular complexity index is 481. The van der Waals surface area contributed by atoms with Gasteiger partial charge in [0.25, 0.3) is 0 Å². The van der Waals surface area contributed by atoms with E-state index in [0.29, 0.717) is 15.9 Å². The number of aliphatic carboxylic acids is 1. The minimum atomic E-state index is -1.00. The highest BCUT2D eigenvalue weighted by molar-refractivity contribution is 7.16. The quantitative estimate of drug-likeness (QED) is 0.801. The maximum atomic E-state index is 11.6. The summed E-state index contributed by atoms with van der Waals surface area (Å²) in [6.45, 7) is 2.03. The van der Waals surface area contributed by atoms with Crippen LogP contribution in [0.15, 0.2) is 12.3 Å². The lowest BCUT2D eigenvalue weighted by Crippen LogP contribution is -2.13. The van der Waals surface area contributed by atoms with Crippen LogP contribution in [-0.4, -0.2) is 22.0 Å². The predicted octanol–water partition coefficient (Wildman–Crippen LogP) is 1.84. The molecule has 1 aliphatic rings. The molecule has 0 aromatic carbocycles. The van der Waals surface area contributed by atoms with Gasteiger partial charge in [0.15, 0.2) is 5.13 Å². The van der Waals surface area contributed by atoms with Gasteiger partial charge in [-0.3, -0.25) is 4.79 Å². The zero-order chi connectivity index (χ0) is 12.4. The maximum Gasteiger partial charge on any atom is 0.328 e. The molecular formula is C11H12N2O3S. The topological polar surface area (TPSA) is 79.3 Å². The Kier molecular flexibility index (Phi) is 3.23. The van der Waals surface area contributed by atoms with Crippen LogP contribution in [0.3, 0.4) is 0 Å². The fourth-order valence-corrected chi connectivity index (χ4v) is 2.18. The van der Waals surface area contributed by atoms with Crippen molar-refractivity contribution in [3.05, 3.63) is 17.2 Å². The Labute approximate surface area is 102 Å². The minimum Gasteiger partial charge on any atom is -0.478 e. The number of aromatic nitrogens is 1. The Morgan fingerprint density at radius 3 is 2.94 bits per heavy atom. The molecule has 1 heterocycles. The number of hydrogen-bond donors (Lipinski definition) is 2. The van der Waals surface area contributed by atoms with E-state index >= 15 is 0 Å². The molecular weight excluding hydrogens is 240 g/mol. The van der Waals surface area contributed by atoms with Crippen molar-refractivity contribution in [1.82, 2.24) is 4.98 Å². The number of nitrogens with zero attached hydrogens (tertiary/aromatic N) is 1. The summed E-state index contributed by atoms with van der Waals surface area (Å²) in [5.41, 5.74) is 0. The van der Waals surface area contributed by atoms with Crippen LogP contribution < -0.4 is 5.32 Å². The highest BCUT2D eigenvalue weighted by atomic mass is 32.1. The van der Waals surface area contributed by atoms with Gasteiger partial charge in [-0.25, -0.2) is 9.78 Å². The number of nitrogens with one attached hydrogen (secondary N) is 1. The molecule has 1 aromatic rings. The monoisotopic (exact) mass is 252 g/mol. The molecule has 1 aliphatic carbocycles. The van der Waals surface area contributed by atoms with Crippen LogP contribution in [0.4, 0.5) is 5.13 Å². The first-order valence-corrected chi connectivity index (χ1v) is 6.05. The normalized spacial score (nSPS) is 22.6. The molecule has 90 valence electrons. The van der Waals surface area contributed by atoms with Crippen molar-refractivity contribution in [2.24, 2.45) is 11.8 Å². The Morgan fingerprint density at radius 1 is 1.65 bits per heavy atom. The molecule has 2 rings (SSSR count). The van der Waals surface area contributed by atoms with Crippen LogP contribution >= 0.6 is 11.3 Å². The Hall–Kier alpha value is -1.69. The largest absolute Gasteiger partial charge is 0.478 e. The van der Waals surface area contributed by atoms with Gasteiger partial charge in [-0.1, -0.05) is 18.3 Å². The summed E-state index contributed by atoms with van der Waals surface area (Å²) in [5.74, 6) is -0.436. The number of carboxylic acids is 1. The number of anilines is 1. The van der Waals surface area contributed by atoms with Gasteiger partial charge in [0.05, 0.1) is 0 Å². The number of amides is 1. The van der Waals surface area contributed by atoms with Gasteiger partial charge in [-0.2, -0.15) is 0 Å². The second kappa shape index (κ2) is 4.67. The summed E-state index contributed by atoms with van der Waals surface area (Å²) in [6, 6.07) is 0. The third-order valence-electron chi connectivity index (χ3n) is 2.59. The average molecular weight is 252 g/mol. The molecule has 1 aromatic heterocycles. The Balaban J connectivity index is 1.94. The number of thiazole rings is 1. The summed E-state index contributed by atoms with van der Waals surface area (Å²) in [7, 11) is 0. The zero-order valence-corrected chi connectivity index (χ0v) is 10.0. The van der Waals surface area contributed by atoms with Crippen LogP contribution in [0.1, 0.15) is 18.2 Å². The van der Waals surface area contributed by atoms with E-state index in [0.717, 1.165) is 12.5 Å². The summed E-state index contributed by atoms with van der Waals surface area (Å²) in [5, 5.41) is 11.7. The van der Waals surface area contributed by atoms with Crippen molar-refractivity contribution in [2.75, 3.05) is 5.32 Å². The highest BCUT2D eigenvalue weighted by Crippen LogP contribution is 2.38. The number of rotatable bonds is 4. The van der Waals surface area contributed by atoms with E-state index in [2.05, 4.69) is 10.3 Å². The van der Waals surface area contributed by atoms with E-state index in [9.17, 15) is 9.59 Å². The lowest BCUT2D eigenvalue weighted by molar-refractivity contribution is -0.131. The summed E-state index contributed by atoms with van der Waals surface area (Å²) in [4.78, 5) is 26.6. The fraction of sp³-hybridized carbons (Fsp3) is 0.364. The smallest absolute Gasteiger partial charge is 0.328 e. The van der Waals surface area contributed by atoms with E-state index in [4.69, 9.17) is 5.11 Å². The van der Waals surface area contributed by atoms with Crippen molar-refractivity contribution in [3.63, 3.8) is 0 Å². The van der Waals surface area contributed by atoms with E-state index in [1.807, 2.05) is 6.92 Å². The fourth-order valence-electron chi connectivity index (χ4n) is 1.46. The zero-order valence-electron chi connectivity index (χ0n) is 9.21. The van der Waals surface area contributed by atoms with Crippen molar-refractivity contribution in [1.29, 1.82) is 0 Å². The van der Waals surface area contributed by atoms with Crippen molar-refractivity contribution >= 4 is 34.4 Å². The number of carbonyl (C=O) groups is 2. The van der Waals surface area contributed by atoms with Gasteiger partial charge in [0.2, 0.25) is 5.91 Å². The Morgan fingerprint density at radius 2 is 2.35 bits per heavy atom. The van der Waals surface area contributed by atoms with Crippen molar-refractivity contribution in [3.8, 4) is 0 Å². The van der Waals surface area contributed by atoms with Crippen LogP contribution in [0.5, 0.6) is 0 Å². The molecule has 1 amide bonds. The van der Waals surface area contributed by atoms with Crippen molar-refractivity contribution < 1.29 is 14.7 Å². The first-order chi connectivity index (χ1) is 8.06. The third-order valence-corrected chi connectivity index (χ3v) is 3.47. The van der Waals surface area contributed by atoms with E-state index < -0.39 is 5.97 Å². The van der Waals surface area contributed by atoms with Gasteiger partial charge in [-0.05, 0) is 18.4 Å². The van der Waals surface area contributed by atoms with Crippen LogP contribution in [0.25, 0.3) is 6.08 Å². The summed E-state index contributed by atoms with van der Waals surface area (Å²) >= 11 is 1.26. The molecule has 0 saturated heterocycles. The molecule has 0 spiro atoms. The molecule has 6 heteroatoms. The molecule has 0 bridgehead atoms. The standard InChI is InChI=1S/C11H12N2O3S/c1-6-4-8(6)10(16)13-11-12-5-7(17-11)2-3-9(14)15/h2-3,5-6,8H,4H2,1H3,(H,14,15)(H,12,13,16). The molecule has 5 nitrogen and oxygen atoms in total. The van der Waals surface area contributed by atoms with E-state index in [1.165, 1.54) is 23.6 Å². The first kappa shape index (κ1) is 11.8. The molecule has 1 saturated carbocycles. The SMILES string of the molecule is CC1CC1C(=O)Nc1ncc(C=CC(=O)O)s1. The minimum absolute atomic E-state index is 0.000569. The molecule has 0 aliphatic heterocycles.